The molecule has 1 aromatic carbocycles. The molecule has 0 spiro atoms. The second kappa shape index (κ2) is 5.63. The number of benzene rings is 1. The lowest BCUT2D eigenvalue weighted by atomic mass is 9.93. The fraction of sp³-hybridized carbons (Fsp3) is 0.312. The Morgan fingerprint density at radius 1 is 1.09 bits per heavy atom. The lowest BCUT2D eigenvalue weighted by molar-refractivity contribution is 0.283. The molecule has 0 aliphatic heterocycles. The lowest BCUT2D eigenvalue weighted by Crippen LogP contribution is -2.21. The van der Waals surface area contributed by atoms with Crippen molar-refractivity contribution >= 4 is 5.82 Å². The Hall–Kier alpha value is -2.63. The van der Waals surface area contributed by atoms with Crippen molar-refractivity contribution in [3.8, 4) is 5.69 Å². The molecule has 0 amide bonds. The molecular formula is C16H18N6. The van der Waals surface area contributed by atoms with Crippen LogP contribution in [0.5, 0.6) is 0 Å². The highest BCUT2D eigenvalue weighted by atomic mass is 15.5. The van der Waals surface area contributed by atoms with E-state index in [1.807, 2.05) is 36.5 Å². The molecule has 0 atom stereocenters. The molecule has 4 rings (SSSR count). The maximum atomic E-state index is 4.45. The van der Waals surface area contributed by atoms with Crippen molar-refractivity contribution < 1.29 is 0 Å². The first-order valence-electron chi connectivity index (χ1n) is 7.64. The van der Waals surface area contributed by atoms with Gasteiger partial charge in [0.15, 0.2) is 5.82 Å². The van der Waals surface area contributed by atoms with E-state index >= 15 is 0 Å². The van der Waals surface area contributed by atoms with E-state index < -0.39 is 0 Å². The van der Waals surface area contributed by atoms with Crippen LogP contribution in [0.2, 0.25) is 0 Å². The third-order valence-corrected chi connectivity index (χ3v) is 4.10. The van der Waals surface area contributed by atoms with Gasteiger partial charge in [-0.2, -0.15) is 10.2 Å². The Bertz CT molecular complexity index is 741. The second-order valence-corrected chi connectivity index (χ2v) is 5.56. The predicted molar refractivity (Wildman–Crippen MR) is 83.8 cm³/mol. The van der Waals surface area contributed by atoms with Gasteiger partial charge >= 0.3 is 0 Å². The number of aromatic nitrogens is 5. The molecular weight excluding hydrogens is 276 g/mol. The summed E-state index contributed by atoms with van der Waals surface area (Å²) >= 11 is 0. The van der Waals surface area contributed by atoms with Crippen LogP contribution in [-0.4, -0.2) is 24.8 Å². The van der Waals surface area contributed by atoms with Crippen LogP contribution < -0.4 is 5.32 Å². The van der Waals surface area contributed by atoms with Gasteiger partial charge in [0, 0.05) is 6.20 Å². The van der Waals surface area contributed by atoms with Crippen molar-refractivity contribution in [1.82, 2.24) is 24.8 Å². The molecule has 6 heteroatoms. The van der Waals surface area contributed by atoms with Crippen LogP contribution in [0, 0.1) is 0 Å². The smallest absolute Gasteiger partial charge is 0.169 e. The van der Waals surface area contributed by atoms with Crippen LogP contribution >= 0.6 is 0 Å². The number of nitrogens with zero attached hydrogens (tertiary/aromatic N) is 5. The molecule has 1 aliphatic carbocycles. The fourth-order valence-electron chi connectivity index (χ4n) is 2.65. The number of hydrogen-bond acceptors (Lipinski definition) is 4. The van der Waals surface area contributed by atoms with E-state index in [-0.39, 0.29) is 0 Å². The highest BCUT2D eigenvalue weighted by Gasteiger charge is 2.21. The molecule has 2 aromatic heterocycles. The van der Waals surface area contributed by atoms with Crippen molar-refractivity contribution in [3.05, 3.63) is 54.5 Å². The van der Waals surface area contributed by atoms with E-state index in [0.29, 0.717) is 12.6 Å². The minimum absolute atomic E-state index is 0.576. The van der Waals surface area contributed by atoms with Gasteiger partial charge in [0.1, 0.15) is 0 Å². The zero-order chi connectivity index (χ0) is 14.8. The summed E-state index contributed by atoms with van der Waals surface area (Å²) in [4.78, 5) is 1.63. The van der Waals surface area contributed by atoms with Gasteiger partial charge < -0.3 is 5.32 Å². The average Bonchev–Trinajstić information content (AvgIpc) is 3.14. The number of rotatable bonds is 5. The minimum Gasteiger partial charge on any atom is -0.362 e. The van der Waals surface area contributed by atoms with Crippen LogP contribution in [0.25, 0.3) is 5.69 Å². The van der Waals surface area contributed by atoms with Crippen LogP contribution in [-0.2, 0) is 6.54 Å². The summed E-state index contributed by atoms with van der Waals surface area (Å²) < 4.78 is 2.14. The van der Waals surface area contributed by atoms with Crippen molar-refractivity contribution in [2.75, 3.05) is 5.32 Å². The topological polar surface area (TPSA) is 60.6 Å². The molecule has 0 radical (unpaired) electrons. The Morgan fingerprint density at radius 2 is 1.95 bits per heavy atom. The SMILES string of the molecule is c1ccc(-n2ncc(NCc3ccnn3C3CCC3)n2)cc1. The summed E-state index contributed by atoms with van der Waals surface area (Å²) in [6.07, 6.45) is 7.40. The Balaban J connectivity index is 1.44. The number of hydrogen-bond donors (Lipinski definition) is 1. The molecule has 1 fully saturated rings. The van der Waals surface area contributed by atoms with Gasteiger partial charge in [-0.25, -0.2) is 0 Å². The van der Waals surface area contributed by atoms with Crippen molar-refractivity contribution in [2.24, 2.45) is 0 Å². The third kappa shape index (κ3) is 2.47. The van der Waals surface area contributed by atoms with Crippen molar-refractivity contribution in [3.63, 3.8) is 0 Å². The van der Waals surface area contributed by atoms with Gasteiger partial charge in [0.05, 0.1) is 30.2 Å². The Kier molecular flexibility index (Phi) is 3.34. The predicted octanol–water partition coefficient (Wildman–Crippen LogP) is 2.80. The van der Waals surface area contributed by atoms with E-state index in [9.17, 15) is 0 Å². The van der Waals surface area contributed by atoms with Gasteiger partial charge in [-0.1, -0.05) is 18.2 Å². The second-order valence-electron chi connectivity index (χ2n) is 5.56. The normalized spacial score (nSPS) is 14.7. The summed E-state index contributed by atoms with van der Waals surface area (Å²) in [5.41, 5.74) is 2.15. The monoisotopic (exact) mass is 294 g/mol. The van der Waals surface area contributed by atoms with E-state index in [1.165, 1.54) is 25.0 Å². The minimum atomic E-state index is 0.576. The summed E-state index contributed by atoms with van der Waals surface area (Å²) in [6.45, 7) is 0.712. The lowest BCUT2D eigenvalue weighted by Gasteiger charge is -2.27. The van der Waals surface area contributed by atoms with Crippen LogP contribution in [0.3, 0.4) is 0 Å². The Morgan fingerprint density at radius 3 is 2.73 bits per heavy atom. The summed E-state index contributed by atoms with van der Waals surface area (Å²) in [5.74, 6) is 0.769. The van der Waals surface area contributed by atoms with Crippen molar-refractivity contribution in [1.29, 1.82) is 0 Å². The van der Waals surface area contributed by atoms with E-state index in [4.69, 9.17) is 0 Å². The standard InChI is InChI=1S/C16H18N6/c1-2-5-14(6-3-1)22-19-12-16(20-22)17-11-15-9-10-18-21(15)13-7-4-8-13/h1-3,5-6,9-10,12-13H,4,7-8,11H2,(H,17,20). The average molecular weight is 294 g/mol. The molecule has 22 heavy (non-hydrogen) atoms. The molecule has 6 nitrogen and oxygen atoms in total. The number of para-hydroxylation sites is 1. The number of nitrogens with one attached hydrogen (secondary N) is 1. The maximum Gasteiger partial charge on any atom is 0.169 e. The summed E-state index contributed by atoms with van der Waals surface area (Å²) in [7, 11) is 0. The first-order chi connectivity index (χ1) is 10.9. The molecule has 0 unspecified atom stereocenters. The molecule has 1 saturated carbocycles. The quantitative estimate of drug-likeness (QED) is 0.786. The van der Waals surface area contributed by atoms with Gasteiger partial charge in [-0.15, -0.1) is 9.90 Å². The molecule has 0 bridgehead atoms. The molecule has 1 N–H and O–H groups in total. The van der Waals surface area contributed by atoms with Gasteiger partial charge in [-0.05, 0) is 37.5 Å². The largest absolute Gasteiger partial charge is 0.362 e. The van der Waals surface area contributed by atoms with Crippen LogP contribution in [0.4, 0.5) is 5.82 Å². The van der Waals surface area contributed by atoms with Crippen LogP contribution in [0.15, 0.2) is 48.8 Å². The first kappa shape index (κ1) is 13.1. The zero-order valence-corrected chi connectivity index (χ0v) is 12.3. The molecule has 2 heterocycles. The van der Waals surface area contributed by atoms with Gasteiger partial charge in [0.2, 0.25) is 0 Å². The molecule has 112 valence electrons. The van der Waals surface area contributed by atoms with E-state index in [2.05, 4.69) is 31.4 Å². The summed E-state index contributed by atoms with van der Waals surface area (Å²) in [6, 6.07) is 12.5. The van der Waals surface area contributed by atoms with E-state index in [1.54, 1.807) is 11.0 Å². The Labute approximate surface area is 128 Å². The number of anilines is 1. The van der Waals surface area contributed by atoms with E-state index in [0.717, 1.165) is 11.5 Å². The molecule has 0 saturated heterocycles. The first-order valence-corrected chi connectivity index (χ1v) is 7.64. The fourth-order valence-corrected chi connectivity index (χ4v) is 2.65. The van der Waals surface area contributed by atoms with Crippen LogP contribution in [0.1, 0.15) is 31.0 Å². The molecule has 3 aromatic rings. The third-order valence-electron chi connectivity index (χ3n) is 4.10. The summed E-state index contributed by atoms with van der Waals surface area (Å²) in [5, 5.41) is 16.5. The van der Waals surface area contributed by atoms with Gasteiger partial charge in [0.25, 0.3) is 0 Å². The molecule has 1 aliphatic rings. The zero-order valence-electron chi connectivity index (χ0n) is 12.3. The highest BCUT2D eigenvalue weighted by Crippen LogP contribution is 2.31. The van der Waals surface area contributed by atoms with Crippen molar-refractivity contribution in [2.45, 2.75) is 31.8 Å². The van der Waals surface area contributed by atoms with Gasteiger partial charge in [-0.3, -0.25) is 4.68 Å². The maximum absolute atomic E-state index is 4.45. The highest BCUT2D eigenvalue weighted by molar-refractivity contribution is 5.34.